The highest BCUT2D eigenvalue weighted by molar-refractivity contribution is 6.27. The molecule has 0 amide bonds. The van der Waals surface area contributed by atoms with Crippen molar-refractivity contribution in [3.05, 3.63) is 160 Å². The molecular weight excluding hydrogens is 625 g/mol. The Balaban J connectivity index is 1.06. The molecule has 3 aliphatic carbocycles. The second kappa shape index (κ2) is 11.1. The molecule has 0 heteroatoms. The summed E-state index contributed by atoms with van der Waals surface area (Å²) in [5.41, 5.74) is 15.3. The largest absolute Gasteiger partial charge is 0.0760 e. The first-order valence-electron chi connectivity index (χ1n) is 19.3. The van der Waals surface area contributed by atoms with Gasteiger partial charge in [0.25, 0.3) is 0 Å². The molecule has 0 saturated carbocycles. The normalized spacial score (nSPS) is 17.9. The SMILES string of the molecule is CC(C)c1ccc2ccc3c(C(C)C)cc(-c4ccc5cc(C6=CC7C=Cc8cc(C(C)(C)C)cc9c8C7C(=C6)C=C9)ccc5c4)c4ccc1c2c43. The summed E-state index contributed by atoms with van der Waals surface area (Å²) in [7, 11) is 0. The van der Waals surface area contributed by atoms with Crippen molar-refractivity contribution < 1.29 is 0 Å². The summed E-state index contributed by atoms with van der Waals surface area (Å²) in [5.74, 6) is 1.67. The van der Waals surface area contributed by atoms with Crippen molar-refractivity contribution in [1.82, 2.24) is 0 Å². The van der Waals surface area contributed by atoms with E-state index in [1.807, 2.05) is 0 Å². The van der Waals surface area contributed by atoms with Gasteiger partial charge in [0.2, 0.25) is 0 Å². The van der Waals surface area contributed by atoms with Crippen LogP contribution in [0.2, 0.25) is 0 Å². The Bertz CT molecular complexity index is 2770. The van der Waals surface area contributed by atoms with Gasteiger partial charge in [-0.2, -0.15) is 0 Å². The molecule has 0 spiro atoms. The number of allylic oxidation sites excluding steroid dienone is 6. The lowest BCUT2D eigenvalue weighted by molar-refractivity contribution is 0.587. The molecule has 254 valence electrons. The quantitative estimate of drug-likeness (QED) is 0.164. The zero-order valence-corrected chi connectivity index (χ0v) is 31.4. The third kappa shape index (κ3) is 4.66. The van der Waals surface area contributed by atoms with Crippen molar-refractivity contribution in [3.8, 4) is 11.1 Å². The average Bonchev–Trinajstić information content (AvgIpc) is 3.14. The van der Waals surface area contributed by atoms with E-state index >= 15 is 0 Å². The van der Waals surface area contributed by atoms with Crippen LogP contribution in [0.3, 0.4) is 0 Å². The maximum Gasteiger partial charge on any atom is 0.0199 e. The van der Waals surface area contributed by atoms with Crippen molar-refractivity contribution in [2.75, 3.05) is 0 Å². The fraction of sp³-hybridized carbons (Fsp3) is 0.231. The maximum absolute atomic E-state index is 2.51. The molecule has 0 heterocycles. The van der Waals surface area contributed by atoms with Gasteiger partial charge < -0.3 is 0 Å². The zero-order valence-electron chi connectivity index (χ0n) is 31.4. The van der Waals surface area contributed by atoms with E-state index in [0.29, 0.717) is 23.7 Å². The van der Waals surface area contributed by atoms with Gasteiger partial charge in [-0.3, -0.25) is 0 Å². The summed E-state index contributed by atoms with van der Waals surface area (Å²) in [6.07, 6.45) is 14.5. The number of benzene rings is 7. The Kier molecular flexibility index (Phi) is 6.76. The smallest absolute Gasteiger partial charge is 0.0199 e. The first-order valence-corrected chi connectivity index (χ1v) is 19.3. The summed E-state index contributed by atoms with van der Waals surface area (Å²) in [5, 5.41) is 10.9. The zero-order chi connectivity index (χ0) is 35.6. The minimum Gasteiger partial charge on any atom is -0.0760 e. The number of hydrogen-bond donors (Lipinski definition) is 0. The lowest BCUT2D eigenvalue weighted by atomic mass is 9.66. The highest BCUT2D eigenvalue weighted by atomic mass is 14.4. The Hall–Kier alpha value is -5.20. The standard InChI is InChI=1S/C52H46/c1-29(2)42-18-16-31-17-19-44-46(30(3)4)28-47(45-21-20-43(42)50(31)51(44)45)35-11-10-32-22-34(9-8-33(32)23-35)40-24-36-12-14-38-26-41(52(5,6)7)27-39-15-13-37(25-40)48(36)49(38)39/h8-30,36,48H,1-7H3. The van der Waals surface area contributed by atoms with Crippen LogP contribution in [0, 0.1) is 5.92 Å². The molecule has 2 unspecified atom stereocenters. The van der Waals surface area contributed by atoms with Gasteiger partial charge in [0.1, 0.15) is 0 Å². The van der Waals surface area contributed by atoms with Crippen molar-refractivity contribution in [1.29, 1.82) is 0 Å². The molecule has 3 aliphatic rings. The molecule has 0 fully saturated rings. The third-order valence-corrected chi connectivity index (χ3v) is 12.4. The van der Waals surface area contributed by atoms with Crippen molar-refractivity contribution in [2.45, 2.75) is 71.6 Å². The minimum atomic E-state index is 0.132. The molecule has 52 heavy (non-hydrogen) atoms. The van der Waals surface area contributed by atoms with Crippen LogP contribution in [0.4, 0.5) is 0 Å². The van der Waals surface area contributed by atoms with Gasteiger partial charge in [-0.1, -0.05) is 158 Å². The molecule has 2 atom stereocenters. The minimum absolute atomic E-state index is 0.132. The van der Waals surface area contributed by atoms with E-state index in [0.717, 1.165) is 0 Å². The van der Waals surface area contributed by atoms with Crippen molar-refractivity contribution >= 4 is 60.8 Å². The topological polar surface area (TPSA) is 0 Å². The molecule has 7 aromatic rings. The van der Waals surface area contributed by atoms with Gasteiger partial charge in [0.05, 0.1) is 0 Å². The van der Waals surface area contributed by atoms with E-state index in [4.69, 9.17) is 0 Å². The van der Waals surface area contributed by atoms with Gasteiger partial charge >= 0.3 is 0 Å². The molecular formula is C52H46. The van der Waals surface area contributed by atoms with Crippen LogP contribution in [0.5, 0.6) is 0 Å². The second-order valence-electron chi connectivity index (χ2n) is 17.3. The molecule has 0 nitrogen and oxygen atoms in total. The lowest BCUT2D eigenvalue weighted by Crippen LogP contribution is -2.23. The van der Waals surface area contributed by atoms with Gasteiger partial charge in [-0.25, -0.2) is 0 Å². The summed E-state index contributed by atoms with van der Waals surface area (Å²) in [4.78, 5) is 0. The maximum atomic E-state index is 2.51. The molecule has 0 bridgehead atoms. The Morgan fingerprint density at radius 1 is 0.558 bits per heavy atom. The Labute approximate surface area is 308 Å². The number of fused-ring (bicyclic) bond motifs is 1. The van der Waals surface area contributed by atoms with Gasteiger partial charge in [0, 0.05) is 11.8 Å². The predicted octanol–water partition coefficient (Wildman–Crippen LogP) is 14.7. The van der Waals surface area contributed by atoms with Gasteiger partial charge in [0.15, 0.2) is 0 Å². The molecule has 7 aromatic carbocycles. The van der Waals surface area contributed by atoms with E-state index in [1.54, 1.807) is 0 Å². The van der Waals surface area contributed by atoms with Crippen LogP contribution in [-0.4, -0.2) is 0 Å². The van der Waals surface area contributed by atoms with Crippen LogP contribution >= 0.6 is 0 Å². The monoisotopic (exact) mass is 670 g/mol. The Morgan fingerprint density at radius 2 is 1.19 bits per heavy atom. The summed E-state index contributed by atoms with van der Waals surface area (Å²) in [6.45, 7) is 16.2. The summed E-state index contributed by atoms with van der Waals surface area (Å²) < 4.78 is 0. The number of rotatable bonds is 4. The second-order valence-corrected chi connectivity index (χ2v) is 17.3. The first kappa shape index (κ1) is 31.5. The molecule has 0 saturated heterocycles. The first-order chi connectivity index (χ1) is 25.0. The molecule has 0 radical (unpaired) electrons. The summed E-state index contributed by atoms with van der Waals surface area (Å²) in [6, 6.07) is 35.6. The van der Waals surface area contributed by atoms with Crippen LogP contribution in [-0.2, 0) is 5.41 Å². The van der Waals surface area contributed by atoms with E-state index in [1.165, 1.54) is 104 Å². The third-order valence-electron chi connectivity index (χ3n) is 12.4. The molecule has 0 aliphatic heterocycles. The van der Waals surface area contributed by atoms with E-state index < -0.39 is 0 Å². The molecule has 0 N–H and O–H groups in total. The van der Waals surface area contributed by atoms with Gasteiger partial charge in [-0.05, 0) is 140 Å². The highest BCUT2D eigenvalue weighted by Gasteiger charge is 2.35. The van der Waals surface area contributed by atoms with Crippen LogP contribution in [0.25, 0.3) is 71.9 Å². The summed E-state index contributed by atoms with van der Waals surface area (Å²) >= 11 is 0. The van der Waals surface area contributed by atoms with Crippen molar-refractivity contribution in [3.63, 3.8) is 0 Å². The Morgan fingerprint density at radius 3 is 1.94 bits per heavy atom. The van der Waals surface area contributed by atoms with Crippen LogP contribution < -0.4 is 0 Å². The average molecular weight is 671 g/mol. The lowest BCUT2D eigenvalue weighted by Gasteiger charge is -2.37. The van der Waals surface area contributed by atoms with Crippen LogP contribution in [0.1, 0.15) is 105 Å². The fourth-order valence-corrected chi connectivity index (χ4v) is 9.63. The van der Waals surface area contributed by atoms with Crippen molar-refractivity contribution in [2.24, 2.45) is 5.92 Å². The van der Waals surface area contributed by atoms with Gasteiger partial charge in [-0.15, -0.1) is 0 Å². The van der Waals surface area contributed by atoms with Crippen LogP contribution in [0.15, 0.2) is 121 Å². The fourth-order valence-electron chi connectivity index (χ4n) is 9.63. The molecule has 10 rings (SSSR count). The molecule has 0 aromatic heterocycles. The van der Waals surface area contributed by atoms with E-state index in [9.17, 15) is 0 Å². The number of hydrogen-bond acceptors (Lipinski definition) is 0. The van der Waals surface area contributed by atoms with E-state index in [-0.39, 0.29) is 5.41 Å². The van der Waals surface area contributed by atoms with E-state index in [2.05, 4.69) is 176 Å². The highest BCUT2D eigenvalue weighted by Crippen LogP contribution is 2.50. The predicted molar refractivity (Wildman–Crippen MR) is 227 cm³/mol.